The molecule has 5 aromatic rings. The summed E-state index contributed by atoms with van der Waals surface area (Å²) in [5, 5.41) is 14.4. The highest BCUT2D eigenvalue weighted by atomic mass is 35.5. The summed E-state index contributed by atoms with van der Waals surface area (Å²) < 4.78 is 13.0. The number of ether oxygens (including phenoxy) is 1. The van der Waals surface area contributed by atoms with Gasteiger partial charge < -0.3 is 9.26 Å². The number of hydrogen-bond donors (Lipinski definition) is 0. The van der Waals surface area contributed by atoms with Crippen molar-refractivity contribution in [2.45, 2.75) is 17.5 Å². The van der Waals surface area contributed by atoms with Crippen molar-refractivity contribution < 1.29 is 9.26 Å². The first-order valence-electron chi connectivity index (χ1n) is 10.5. The number of para-hydroxylation sites is 1. The van der Waals surface area contributed by atoms with Gasteiger partial charge in [-0.2, -0.15) is 4.98 Å². The molecule has 0 saturated heterocycles. The molecule has 170 valence electrons. The number of nitrogens with zero attached hydrogens (tertiary/aromatic N) is 5. The molecule has 0 unspecified atom stereocenters. The first-order valence-corrected chi connectivity index (χ1v) is 11.9. The Balaban J connectivity index is 1.42. The molecule has 9 heteroatoms. The predicted molar refractivity (Wildman–Crippen MR) is 132 cm³/mol. The molecule has 5 rings (SSSR count). The minimum atomic E-state index is 0.442. The lowest BCUT2D eigenvalue weighted by Gasteiger charge is -2.11. The smallest absolute Gasteiger partial charge is 0.237 e. The van der Waals surface area contributed by atoms with Gasteiger partial charge in [0.25, 0.3) is 0 Å². The van der Waals surface area contributed by atoms with E-state index in [0.29, 0.717) is 40.6 Å². The van der Waals surface area contributed by atoms with Crippen LogP contribution in [0.5, 0.6) is 5.75 Å². The van der Waals surface area contributed by atoms with E-state index in [2.05, 4.69) is 37.0 Å². The maximum absolute atomic E-state index is 6.47. The Bertz CT molecular complexity index is 1400. The topological polar surface area (TPSA) is 78.9 Å². The summed E-state index contributed by atoms with van der Waals surface area (Å²) in [5.41, 5.74) is 2.74. The van der Waals surface area contributed by atoms with E-state index >= 15 is 0 Å². The summed E-state index contributed by atoms with van der Waals surface area (Å²) >= 11 is 7.95. The fourth-order valence-corrected chi connectivity index (χ4v) is 4.52. The number of rotatable bonds is 8. The van der Waals surface area contributed by atoms with E-state index < -0.39 is 0 Å². The number of hydrogen-bond acceptors (Lipinski definition) is 7. The number of thioether (sulfide) groups is 1. The fourth-order valence-electron chi connectivity index (χ4n) is 3.52. The maximum Gasteiger partial charge on any atom is 0.237 e. The molecule has 0 aliphatic heterocycles. The first kappa shape index (κ1) is 22.2. The van der Waals surface area contributed by atoms with Gasteiger partial charge in [0.1, 0.15) is 5.75 Å². The van der Waals surface area contributed by atoms with Crippen molar-refractivity contribution in [2.24, 2.45) is 0 Å². The molecule has 0 spiro atoms. The third-order valence-electron chi connectivity index (χ3n) is 5.16. The van der Waals surface area contributed by atoms with Gasteiger partial charge in [-0.15, -0.1) is 10.2 Å². The lowest BCUT2D eigenvalue weighted by Crippen LogP contribution is -2.04. The molecule has 34 heavy (non-hydrogen) atoms. The molecule has 0 aliphatic rings. The summed E-state index contributed by atoms with van der Waals surface area (Å²) in [7, 11) is 1.62. The molecule has 0 amide bonds. The fraction of sp³-hybridized carbons (Fsp3) is 0.120. The number of aromatic nitrogens is 5. The third kappa shape index (κ3) is 4.69. The van der Waals surface area contributed by atoms with Crippen molar-refractivity contribution in [1.29, 1.82) is 0 Å². The molecule has 0 aliphatic carbocycles. The normalized spacial score (nSPS) is 11.0. The Morgan fingerprint density at radius 1 is 0.912 bits per heavy atom. The van der Waals surface area contributed by atoms with E-state index in [1.807, 2.05) is 66.7 Å². The SMILES string of the molecule is COc1ccccc1-c1noc(CSc2nnc(-c3ccccc3Cl)n2Cc2ccccc2)n1. The first-order chi connectivity index (χ1) is 16.7. The quantitative estimate of drug-likeness (QED) is 0.247. The van der Waals surface area contributed by atoms with Crippen LogP contribution in [-0.2, 0) is 12.3 Å². The Morgan fingerprint density at radius 3 is 2.44 bits per heavy atom. The Morgan fingerprint density at radius 2 is 1.65 bits per heavy atom. The zero-order valence-corrected chi connectivity index (χ0v) is 19.8. The van der Waals surface area contributed by atoms with Gasteiger partial charge in [-0.05, 0) is 29.8 Å². The zero-order chi connectivity index (χ0) is 23.3. The van der Waals surface area contributed by atoms with Gasteiger partial charge in [-0.1, -0.05) is 83.1 Å². The van der Waals surface area contributed by atoms with Crippen molar-refractivity contribution >= 4 is 23.4 Å². The van der Waals surface area contributed by atoms with Crippen LogP contribution < -0.4 is 4.74 Å². The monoisotopic (exact) mass is 489 g/mol. The van der Waals surface area contributed by atoms with Crippen molar-refractivity contribution in [3.8, 4) is 28.5 Å². The standard InChI is InChI=1S/C25H20ClN5O2S/c1-32-21-14-8-6-12-19(21)23-27-22(33-30-23)16-34-25-29-28-24(18-11-5-7-13-20(18)26)31(25)15-17-9-3-2-4-10-17/h2-14H,15-16H2,1H3. The number of methoxy groups -OCH3 is 1. The minimum Gasteiger partial charge on any atom is -0.496 e. The van der Waals surface area contributed by atoms with Crippen LogP contribution in [0.2, 0.25) is 5.02 Å². The minimum absolute atomic E-state index is 0.442. The van der Waals surface area contributed by atoms with Crippen LogP contribution in [0.4, 0.5) is 0 Å². The summed E-state index contributed by atoms with van der Waals surface area (Å²) in [6.07, 6.45) is 0. The van der Waals surface area contributed by atoms with E-state index in [-0.39, 0.29) is 0 Å². The molecule has 0 fully saturated rings. The van der Waals surface area contributed by atoms with E-state index in [4.69, 9.17) is 20.9 Å². The molecule has 0 saturated carbocycles. The van der Waals surface area contributed by atoms with Gasteiger partial charge in [-0.25, -0.2) is 0 Å². The van der Waals surface area contributed by atoms with Crippen LogP contribution in [-0.4, -0.2) is 32.0 Å². The predicted octanol–water partition coefficient (Wildman–Crippen LogP) is 6.00. The molecule has 7 nitrogen and oxygen atoms in total. The van der Waals surface area contributed by atoms with Crippen LogP contribution in [0, 0.1) is 0 Å². The third-order valence-corrected chi connectivity index (χ3v) is 6.44. The van der Waals surface area contributed by atoms with Crippen LogP contribution in [0.15, 0.2) is 88.5 Å². The molecule has 0 atom stereocenters. The van der Waals surface area contributed by atoms with Gasteiger partial charge >= 0.3 is 0 Å². The van der Waals surface area contributed by atoms with E-state index in [0.717, 1.165) is 21.8 Å². The summed E-state index contributed by atoms with van der Waals surface area (Å²) in [4.78, 5) is 4.54. The lowest BCUT2D eigenvalue weighted by molar-refractivity contribution is 0.390. The molecule has 0 radical (unpaired) electrons. The Hall–Kier alpha value is -3.62. The second-order valence-corrected chi connectivity index (χ2v) is 8.71. The number of benzene rings is 3. The van der Waals surface area contributed by atoms with Crippen molar-refractivity contribution in [3.05, 3.63) is 95.3 Å². The summed E-state index contributed by atoms with van der Waals surface area (Å²) in [6.45, 7) is 0.604. The molecular formula is C25H20ClN5O2S. The van der Waals surface area contributed by atoms with Crippen molar-refractivity contribution in [3.63, 3.8) is 0 Å². The summed E-state index contributed by atoms with van der Waals surface area (Å²) in [5.74, 6) is 2.80. The zero-order valence-electron chi connectivity index (χ0n) is 18.3. The largest absolute Gasteiger partial charge is 0.496 e. The van der Waals surface area contributed by atoms with Crippen LogP contribution in [0.3, 0.4) is 0 Å². The highest BCUT2D eigenvalue weighted by Crippen LogP contribution is 2.32. The second-order valence-electron chi connectivity index (χ2n) is 7.36. The lowest BCUT2D eigenvalue weighted by atomic mass is 10.2. The van der Waals surface area contributed by atoms with E-state index in [9.17, 15) is 0 Å². The molecule has 0 bridgehead atoms. The van der Waals surface area contributed by atoms with Crippen LogP contribution in [0.25, 0.3) is 22.8 Å². The van der Waals surface area contributed by atoms with Crippen molar-refractivity contribution in [2.75, 3.05) is 7.11 Å². The van der Waals surface area contributed by atoms with Gasteiger partial charge in [-0.3, -0.25) is 4.57 Å². The molecular weight excluding hydrogens is 470 g/mol. The van der Waals surface area contributed by atoms with Gasteiger partial charge in [0, 0.05) is 5.56 Å². The molecule has 3 aromatic carbocycles. The number of halogens is 1. The Kier molecular flexibility index (Phi) is 6.60. The van der Waals surface area contributed by atoms with Crippen LogP contribution in [0.1, 0.15) is 11.5 Å². The van der Waals surface area contributed by atoms with Gasteiger partial charge in [0.15, 0.2) is 11.0 Å². The van der Waals surface area contributed by atoms with Gasteiger partial charge in [0.05, 0.1) is 30.0 Å². The molecule has 0 N–H and O–H groups in total. The summed E-state index contributed by atoms with van der Waals surface area (Å²) in [6, 6.07) is 25.4. The molecule has 2 heterocycles. The highest BCUT2D eigenvalue weighted by Gasteiger charge is 2.19. The maximum atomic E-state index is 6.47. The van der Waals surface area contributed by atoms with Crippen molar-refractivity contribution in [1.82, 2.24) is 24.9 Å². The van der Waals surface area contributed by atoms with Crippen LogP contribution >= 0.6 is 23.4 Å². The second kappa shape index (κ2) is 10.1. The Labute approximate surface area is 205 Å². The average molecular weight is 490 g/mol. The highest BCUT2D eigenvalue weighted by molar-refractivity contribution is 7.98. The molecule has 2 aromatic heterocycles. The van der Waals surface area contributed by atoms with E-state index in [1.54, 1.807) is 7.11 Å². The van der Waals surface area contributed by atoms with Gasteiger partial charge in [0.2, 0.25) is 11.7 Å². The van der Waals surface area contributed by atoms with E-state index in [1.165, 1.54) is 11.8 Å². The average Bonchev–Trinajstić information content (AvgIpc) is 3.51.